The molecule has 7 nitrogen and oxygen atoms in total. The van der Waals surface area contributed by atoms with Gasteiger partial charge in [0, 0.05) is 19.0 Å². The van der Waals surface area contributed by atoms with Gasteiger partial charge >= 0.3 is 0 Å². The number of halogens is 1. The van der Waals surface area contributed by atoms with E-state index >= 15 is 0 Å². The summed E-state index contributed by atoms with van der Waals surface area (Å²) in [5, 5.41) is 12.4. The second-order valence-electron chi connectivity index (χ2n) is 7.31. The van der Waals surface area contributed by atoms with Crippen LogP contribution in [-0.4, -0.2) is 24.0 Å². The third-order valence-electron chi connectivity index (χ3n) is 5.33. The molecule has 154 valence electrons. The van der Waals surface area contributed by atoms with E-state index < -0.39 is 0 Å². The second kappa shape index (κ2) is 8.41. The van der Waals surface area contributed by atoms with Gasteiger partial charge in [-0.3, -0.25) is 4.79 Å². The predicted octanol–water partition coefficient (Wildman–Crippen LogP) is 4.04. The van der Waals surface area contributed by atoms with E-state index in [9.17, 15) is 14.4 Å². The molecule has 1 aliphatic rings. The van der Waals surface area contributed by atoms with E-state index in [1.165, 1.54) is 18.4 Å². The third kappa shape index (κ3) is 4.06. The Morgan fingerprint density at radius 3 is 2.67 bits per heavy atom. The van der Waals surface area contributed by atoms with Crippen LogP contribution in [0.4, 0.5) is 10.3 Å². The number of carbonyl (C=O) groups excluding carboxylic acids is 1. The van der Waals surface area contributed by atoms with Crippen molar-refractivity contribution in [1.82, 2.24) is 10.3 Å². The summed E-state index contributed by atoms with van der Waals surface area (Å²) in [7, 11) is 0. The molecule has 2 aromatic heterocycles. The summed E-state index contributed by atoms with van der Waals surface area (Å²) in [5.41, 5.74) is 1.06. The minimum Gasteiger partial charge on any atom is -0.459 e. The molecule has 1 aliphatic heterocycles. The Labute approximate surface area is 173 Å². The maximum absolute atomic E-state index is 13.1. The van der Waals surface area contributed by atoms with Crippen LogP contribution in [-0.2, 0) is 4.79 Å². The van der Waals surface area contributed by atoms with E-state index in [0.717, 1.165) is 5.56 Å². The molecule has 30 heavy (non-hydrogen) atoms. The van der Waals surface area contributed by atoms with Gasteiger partial charge in [0.15, 0.2) is 5.76 Å². The fourth-order valence-electron chi connectivity index (χ4n) is 3.62. The smallest absolute Gasteiger partial charge is 0.266 e. The summed E-state index contributed by atoms with van der Waals surface area (Å²) in [5.74, 6) is 0.663. The molecule has 4 rings (SSSR count). The number of rotatable bonds is 5. The number of amides is 1. The molecule has 0 bridgehead atoms. The Morgan fingerprint density at radius 1 is 1.30 bits per heavy atom. The molecular formula is C22H21FN4O3. The first-order chi connectivity index (χ1) is 14.5. The third-order valence-corrected chi connectivity index (χ3v) is 5.33. The minimum atomic E-state index is -0.302. The molecule has 1 unspecified atom stereocenters. The van der Waals surface area contributed by atoms with Crippen molar-refractivity contribution in [3.8, 4) is 17.7 Å². The van der Waals surface area contributed by atoms with Crippen LogP contribution in [0.15, 0.2) is 51.5 Å². The monoisotopic (exact) mass is 408 g/mol. The van der Waals surface area contributed by atoms with Crippen LogP contribution in [0.25, 0.3) is 11.7 Å². The Morgan fingerprint density at radius 2 is 2.03 bits per heavy atom. The number of nitrogens with zero attached hydrogens (tertiary/aromatic N) is 3. The SMILES string of the molecule is CC(NC(=O)C1CCN(c2oc(-c3ccco3)nc2C#N)CC1)c1ccc(F)cc1. The van der Waals surface area contributed by atoms with Gasteiger partial charge in [-0.2, -0.15) is 10.2 Å². The highest BCUT2D eigenvalue weighted by atomic mass is 19.1. The number of nitrogens with one attached hydrogen (secondary N) is 1. The van der Waals surface area contributed by atoms with Crippen molar-refractivity contribution in [2.75, 3.05) is 18.0 Å². The summed E-state index contributed by atoms with van der Waals surface area (Å²) in [6, 6.07) is 11.4. The van der Waals surface area contributed by atoms with E-state index in [0.29, 0.717) is 37.6 Å². The van der Waals surface area contributed by atoms with Crippen molar-refractivity contribution in [2.24, 2.45) is 5.92 Å². The molecule has 1 amide bonds. The number of carbonyl (C=O) groups is 1. The van der Waals surface area contributed by atoms with Gasteiger partial charge in [0.05, 0.1) is 12.3 Å². The molecule has 1 saturated heterocycles. The fraction of sp³-hybridized carbons (Fsp3) is 0.318. The predicted molar refractivity (Wildman–Crippen MR) is 107 cm³/mol. The number of piperidine rings is 1. The summed E-state index contributed by atoms with van der Waals surface area (Å²) in [4.78, 5) is 18.8. The molecule has 1 aromatic carbocycles. The topological polar surface area (TPSA) is 95.3 Å². The highest BCUT2D eigenvalue weighted by Crippen LogP contribution is 2.31. The molecule has 8 heteroatoms. The van der Waals surface area contributed by atoms with Crippen LogP contribution in [0.5, 0.6) is 0 Å². The van der Waals surface area contributed by atoms with Gasteiger partial charge in [0.2, 0.25) is 17.5 Å². The average Bonchev–Trinajstić information content (AvgIpc) is 3.44. The molecule has 3 aromatic rings. The van der Waals surface area contributed by atoms with Crippen molar-refractivity contribution in [2.45, 2.75) is 25.8 Å². The molecule has 1 fully saturated rings. The van der Waals surface area contributed by atoms with Crippen LogP contribution >= 0.6 is 0 Å². The first kappa shape index (κ1) is 19.7. The van der Waals surface area contributed by atoms with Crippen LogP contribution in [0, 0.1) is 23.1 Å². The molecular weight excluding hydrogens is 387 g/mol. The maximum Gasteiger partial charge on any atom is 0.266 e. The first-order valence-electron chi connectivity index (χ1n) is 9.80. The number of benzene rings is 1. The van der Waals surface area contributed by atoms with Crippen molar-refractivity contribution in [3.63, 3.8) is 0 Å². The van der Waals surface area contributed by atoms with E-state index in [1.54, 1.807) is 24.3 Å². The van der Waals surface area contributed by atoms with E-state index in [-0.39, 0.29) is 35.3 Å². The number of hydrogen-bond acceptors (Lipinski definition) is 6. The van der Waals surface area contributed by atoms with Gasteiger partial charge < -0.3 is 19.1 Å². The Bertz CT molecular complexity index is 1050. The Hall–Kier alpha value is -3.60. The summed E-state index contributed by atoms with van der Waals surface area (Å²) >= 11 is 0. The number of furan rings is 1. The first-order valence-corrected chi connectivity index (χ1v) is 9.80. The van der Waals surface area contributed by atoms with Crippen LogP contribution in [0.1, 0.15) is 37.1 Å². The van der Waals surface area contributed by atoms with E-state index in [2.05, 4.69) is 16.4 Å². The van der Waals surface area contributed by atoms with Crippen LogP contribution < -0.4 is 10.2 Å². The van der Waals surface area contributed by atoms with Gasteiger partial charge in [0.25, 0.3) is 5.89 Å². The number of aromatic nitrogens is 1. The minimum absolute atomic E-state index is 0.0270. The largest absolute Gasteiger partial charge is 0.459 e. The lowest BCUT2D eigenvalue weighted by Gasteiger charge is -2.31. The molecule has 1 N–H and O–H groups in total. The number of anilines is 1. The van der Waals surface area contributed by atoms with Gasteiger partial charge in [-0.25, -0.2) is 4.39 Å². The van der Waals surface area contributed by atoms with Gasteiger partial charge in [-0.1, -0.05) is 12.1 Å². The van der Waals surface area contributed by atoms with Crippen molar-refractivity contribution in [3.05, 3.63) is 59.7 Å². The van der Waals surface area contributed by atoms with Crippen molar-refractivity contribution < 1.29 is 18.0 Å². The summed E-state index contributed by atoms with van der Waals surface area (Å²) < 4.78 is 24.2. The van der Waals surface area contributed by atoms with Crippen LogP contribution in [0.3, 0.4) is 0 Å². The quantitative estimate of drug-likeness (QED) is 0.685. The standard InChI is InChI=1S/C22H21FN4O3/c1-14(15-4-6-17(23)7-5-15)25-20(28)16-8-10-27(11-9-16)22-18(13-24)26-21(30-22)19-3-2-12-29-19/h2-7,12,14,16H,8-11H2,1H3,(H,25,28). The zero-order valence-electron chi connectivity index (χ0n) is 16.5. The number of hydrogen-bond donors (Lipinski definition) is 1. The fourth-order valence-corrected chi connectivity index (χ4v) is 3.62. The zero-order chi connectivity index (χ0) is 21.1. The maximum atomic E-state index is 13.1. The average molecular weight is 408 g/mol. The lowest BCUT2D eigenvalue weighted by molar-refractivity contribution is -0.126. The van der Waals surface area contributed by atoms with Crippen molar-refractivity contribution >= 4 is 11.8 Å². The summed E-state index contributed by atoms with van der Waals surface area (Å²) in [6.45, 7) is 3.03. The highest BCUT2D eigenvalue weighted by molar-refractivity contribution is 5.79. The molecule has 1 atom stereocenters. The zero-order valence-corrected chi connectivity index (χ0v) is 16.5. The van der Waals surface area contributed by atoms with Gasteiger partial charge in [0.1, 0.15) is 11.9 Å². The number of nitriles is 1. The van der Waals surface area contributed by atoms with Gasteiger partial charge in [-0.05, 0) is 49.6 Å². The highest BCUT2D eigenvalue weighted by Gasteiger charge is 2.29. The lowest BCUT2D eigenvalue weighted by Crippen LogP contribution is -2.41. The molecule has 0 radical (unpaired) electrons. The molecule has 0 aliphatic carbocycles. The molecule has 0 saturated carbocycles. The van der Waals surface area contributed by atoms with E-state index in [4.69, 9.17) is 8.83 Å². The molecule has 3 heterocycles. The van der Waals surface area contributed by atoms with Gasteiger partial charge in [-0.15, -0.1) is 0 Å². The lowest BCUT2D eigenvalue weighted by atomic mass is 9.95. The van der Waals surface area contributed by atoms with E-state index in [1.807, 2.05) is 11.8 Å². The summed E-state index contributed by atoms with van der Waals surface area (Å²) in [6.07, 6.45) is 2.77. The Kier molecular flexibility index (Phi) is 5.53. The van der Waals surface area contributed by atoms with Crippen LogP contribution in [0.2, 0.25) is 0 Å². The Balaban J connectivity index is 1.37. The van der Waals surface area contributed by atoms with Crippen molar-refractivity contribution in [1.29, 1.82) is 5.26 Å². The second-order valence-corrected chi connectivity index (χ2v) is 7.31. The normalized spacial score (nSPS) is 15.6. The molecule has 0 spiro atoms. The number of oxazole rings is 1.